The molecule has 0 spiro atoms. The molecule has 0 saturated heterocycles. The third-order valence-electron chi connectivity index (χ3n) is 1.90. The van der Waals surface area contributed by atoms with E-state index in [-0.39, 0.29) is 5.82 Å². The van der Waals surface area contributed by atoms with Crippen molar-refractivity contribution in [3.63, 3.8) is 0 Å². The molecular formula is C11H13ClFN. The Hall–Kier alpha value is -0.860. The maximum Gasteiger partial charge on any atom is 0.132 e. The van der Waals surface area contributed by atoms with Crippen LogP contribution >= 0.6 is 11.6 Å². The van der Waals surface area contributed by atoms with E-state index in [0.29, 0.717) is 17.1 Å². The molecule has 1 N–H and O–H groups in total. The molecule has 0 saturated carbocycles. The molecule has 0 aliphatic rings. The molecule has 0 bridgehead atoms. The zero-order valence-electron chi connectivity index (χ0n) is 8.11. The van der Waals surface area contributed by atoms with E-state index >= 15 is 0 Å². The zero-order valence-corrected chi connectivity index (χ0v) is 8.87. The van der Waals surface area contributed by atoms with Gasteiger partial charge in [-0.1, -0.05) is 31.2 Å². The van der Waals surface area contributed by atoms with E-state index in [2.05, 4.69) is 11.9 Å². The van der Waals surface area contributed by atoms with Crippen LogP contribution in [-0.4, -0.2) is 13.1 Å². The third kappa shape index (κ3) is 2.82. The fraction of sp³-hybridized carbons (Fsp3) is 0.273. The zero-order chi connectivity index (χ0) is 10.6. The minimum Gasteiger partial charge on any atom is -0.313 e. The summed E-state index contributed by atoms with van der Waals surface area (Å²) in [5.74, 6) is -0.319. The number of likely N-dealkylation sites (N-methyl/N-ethyl adjacent to an activating group) is 1. The van der Waals surface area contributed by atoms with E-state index in [1.807, 2.05) is 6.92 Å². The molecule has 0 amide bonds. The second-order valence-electron chi connectivity index (χ2n) is 3.01. The fourth-order valence-corrected chi connectivity index (χ4v) is 1.31. The van der Waals surface area contributed by atoms with E-state index in [4.69, 9.17) is 11.6 Å². The summed E-state index contributed by atoms with van der Waals surface area (Å²) in [4.78, 5) is 0. The summed E-state index contributed by atoms with van der Waals surface area (Å²) in [6.07, 6.45) is 0. The van der Waals surface area contributed by atoms with E-state index in [1.165, 1.54) is 6.07 Å². The van der Waals surface area contributed by atoms with Crippen LogP contribution in [0.15, 0.2) is 24.8 Å². The number of rotatable bonds is 4. The van der Waals surface area contributed by atoms with Crippen LogP contribution in [0, 0.1) is 5.82 Å². The largest absolute Gasteiger partial charge is 0.313 e. The molecule has 0 atom stereocenters. The average Bonchev–Trinajstić information content (AvgIpc) is 2.14. The van der Waals surface area contributed by atoms with Crippen molar-refractivity contribution >= 4 is 17.2 Å². The monoisotopic (exact) mass is 213 g/mol. The molecule has 1 nitrogen and oxygen atoms in total. The Morgan fingerprint density at radius 3 is 2.86 bits per heavy atom. The topological polar surface area (TPSA) is 12.0 Å². The minimum atomic E-state index is -0.319. The van der Waals surface area contributed by atoms with Gasteiger partial charge in [-0.05, 0) is 24.3 Å². The summed E-state index contributed by atoms with van der Waals surface area (Å²) >= 11 is 5.64. The van der Waals surface area contributed by atoms with Crippen molar-refractivity contribution in [1.82, 2.24) is 5.32 Å². The number of halogens is 2. The summed E-state index contributed by atoms with van der Waals surface area (Å²) < 4.78 is 13.4. The Morgan fingerprint density at radius 1 is 1.57 bits per heavy atom. The predicted molar refractivity (Wildman–Crippen MR) is 59.0 cm³/mol. The predicted octanol–water partition coefficient (Wildman–Crippen LogP) is 3.10. The molecule has 0 unspecified atom stereocenters. The fourth-order valence-electron chi connectivity index (χ4n) is 1.15. The van der Waals surface area contributed by atoms with Crippen LogP contribution in [0.3, 0.4) is 0 Å². The summed E-state index contributed by atoms with van der Waals surface area (Å²) in [5.41, 5.74) is 1.26. The van der Waals surface area contributed by atoms with Crippen LogP contribution in [0.5, 0.6) is 0 Å². The Morgan fingerprint density at radius 2 is 2.29 bits per heavy atom. The first-order valence-corrected chi connectivity index (χ1v) is 4.87. The first kappa shape index (κ1) is 11.2. The lowest BCUT2D eigenvalue weighted by Gasteiger charge is -2.07. The number of hydrogen-bond acceptors (Lipinski definition) is 1. The van der Waals surface area contributed by atoms with Gasteiger partial charge in [-0.2, -0.15) is 0 Å². The van der Waals surface area contributed by atoms with Crippen molar-refractivity contribution in [1.29, 1.82) is 0 Å². The van der Waals surface area contributed by atoms with Gasteiger partial charge >= 0.3 is 0 Å². The van der Waals surface area contributed by atoms with Crippen LogP contribution in [0.1, 0.15) is 12.5 Å². The van der Waals surface area contributed by atoms with Gasteiger partial charge in [0.25, 0.3) is 0 Å². The molecule has 0 aliphatic heterocycles. The van der Waals surface area contributed by atoms with Gasteiger partial charge in [-0.15, -0.1) is 0 Å². The van der Waals surface area contributed by atoms with E-state index in [1.54, 1.807) is 12.1 Å². The maximum absolute atomic E-state index is 13.4. The van der Waals surface area contributed by atoms with E-state index < -0.39 is 0 Å². The standard InChI is InChI=1S/C11H13ClFN/c1-3-14-7-8(2)10-5-4-9(12)6-11(10)13/h4-6,14H,2-3,7H2,1H3. The lowest BCUT2D eigenvalue weighted by molar-refractivity contribution is 0.623. The van der Waals surface area contributed by atoms with Crippen LogP contribution in [0.4, 0.5) is 4.39 Å². The molecular weight excluding hydrogens is 201 g/mol. The molecule has 1 aromatic rings. The van der Waals surface area contributed by atoms with Gasteiger partial charge in [0.1, 0.15) is 5.82 Å². The van der Waals surface area contributed by atoms with Gasteiger partial charge in [0, 0.05) is 17.1 Å². The third-order valence-corrected chi connectivity index (χ3v) is 2.14. The SMILES string of the molecule is C=C(CNCC)c1ccc(Cl)cc1F. The highest BCUT2D eigenvalue weighted by molar-refractivity contribution is 6.30. The highest BCUT2D eigenvalue weighted by Gasteiger charge is 2.05. The molecule has 14 heavy (non-hydrogen) atoms. The van der Waals surface area contributed by atoms with Crippen molar-refractivity contribution in [3.8, 4) is 0 Å². The van der Waals surface area contributed by atoms with Crippen LogP contribution in [0.25, 0.3) is 5.57 Å². The highest BCUT2D eigenvalue weighted by Crippen LogP contribution is 2.19. The quantitative estimate of drug-likeness (QED) is 0.811. The van der Waals surface area contributed by atoms with Gasteiger partial charge in [-0.3, -0.25) is 0 Å². The molecule has 3 heteroatoms. The van der Waals surface area contributed by atoms with Crippen molar-refractivity contribution in [2.24, 2.45) is 0 Å². The van der Waals surface area contributed by atoms with Crippen LogP contribution in [-0.2, 0) is 0 Å². The lowest BCUT2D eigenvalue weighted by atomic mass is 10.1. The smallest absolute Gasteiger partial charge is 0.132 e. The number of benzene rings is 1. The van der Waals surface area contributed by atoms with Gasteiger partial charge in [-0.25, -0.2) is 4.39 Å². The number of nitrogens with one attached hydrogen (secondary N) is 1. The van der Waals surface area contributed by atoms with E-state index in [9.17, 15) is 4.39 Å². The van der Waals surface area contributed by atoms with Gasteiger partial charge in [0.15, 0.2) is 0 Å². The molecule has 0 radical (unpaired) electrons. The summed E-state index contributed by atoms with van der Waals surface area (Å²) in [5, 5.41) is 3.49. The van der Waals surface area contributed by atoms with E-state index in [0.717, 1.165) is 12.1 Å². The Kier molecular flexibility index (Phi) is 4.11. The van der Waals surface area contributed by atoms with Crippen molar-refractivity contribution in [2.75, 3.05) is 13.1 Å². The Balaban J connectivity index is 2.80. The van der Waals surface area contributed by atoms with Crippen molar-refractivity contribution < 1.29 is 4.39 Å². The maximum atomic E-state index is 13.4. The second kappa shape index (κ2) is 5.13. The second-order valence-corrected chi connectivity index (χ2v) is 3.44. The first-order valence-electron chi connectivity index (χ1n) is 4.49. The summed E-state index contributed by atoms with van der Waals surface area (Å²) in [7, 11) is 0. The molecule has 0 heterocycles. The molecule has 0 aromatic heterocycles. The molecule has 1 aromatic carbocycles. The van der Waals surface area contributed by atoms with Crippen molar-refractivity contribution in [2.45, 2.75) is 6.92 Å². The lowest BCUT2D eigenvalue weighted by Crippen LogP contribution is -2.15. The van der Waals surface area contributed by atoms with Crippen LogP contribution < -0.4 is 5.32 Å². The highest BCUT2D eigenvalue weighted by atomic mass is 35.5. The number of hydrogen-bond donors (Lipinski definition) is 1. The molecule has 0 aliphatic carbocycles. The first-order chi connectivity index (χ1) is 6.65. The Labute approximate surface area is 88.6 Å². The summed E-state index contributed by atoms with van der Waals surface area (Å²) in [6, 6.07) is 4.61. The van der Waals surface area contributed by atoms with Gasteiger partial charge in [0.05, 0.1) is 0 Å². The molecule has 1 rings (SSSR count). The van der Waals surface area contributed by atoms with Crippen LogP contribution in [0.2, 0.25) is 5.02 Å². The summed E-state index contributed by atoms with van der Waals surface area (Å²) in [6.45, 7) is 7.23. The molecule has 0 fully saturated rings. The average molecular weight is 214 g/mol. The molecule has 76 valence electrons. The normalized spacial score (nSPS) is 10.2. The van der Waals surface area contributed by atoms with Gasteiger partial charge < -0.3 is 5.32 Å². The Bertz CT molecular complexity index is 336. The van der Waals surface area contributed by atoms with Gasteiger partial charge in [0.2, 0.25) is 0 Å². The van der Waals surface area contributed by atoms with Crippen molar-refractivity contribution in [3.05, 3.63) is 41.2 Å². The minimum absolute atomic E-state index is 0.319.